The highest BCUT2D eigenvalue weighted by Crippen LogP contribution is 2.17. The maximum atomic E-state index is 12.3. The van der Waals surface area contributed by atoms with Gasteiger partial charge in [0.05, 0.1) is 11.3 Å². The fourth-order valence-electron chi connectivity index (χ4n) is 1.90. The Kier molecular flexibility index (Phi) is 6.67. The minimum atomic E-state index is -0.333. The largest absolute Gasteiger partial charge is 0.370 e. The van der Waals surface area contributed by atoms with Gasteiger partial charge in [0.15, 0.2) is 0 Å². The van der Waals surface area contributed by atoms with Gasteiger partial charge in [-0.25, -0.2) is 9.97 Å². The zero-order chi connectivity index (χ0) is 17.4. The molecule has 0 bridgehead atoms. The van der Waals surface area contributed by atoms with E-state index in [0.717, 1.165) is 5.56 Å². The summed E-state index contributed by atoms with van der Waals surface area (Å²) >= 11 is 0. The van der Waals surface area contributed by atoms with Gasteiger partial charge in [-0.2, -0.15) is 4.52 Å². The fraction of sp³-hybridized carbons (Fsp3) is 0.250. The molecular weight excluding hydrogens is 294 g/mol. The van der Waals surface area contributed by atoms with Crippen molar-refractivity contribution in [3.8, 4) is 11.1 Å². The summed E-state index contributed by atoms with van der Waals surface area (Å²) in [4.78, 5) is 29.7. The van der Waals surface area contributed by atoms with E-state index in [0.29, 0.717) is 17.0 Å². The summed E-state index contributed by atoms with van der Waals surface area (Å²) in [6.45, 7) is 7.12. The molecule has 2 aromatic heterocycles. The highest BCUT2D eigenvalue weighted by molar-refractivity contribution is 5.70. The number of aromatic nitrogens is 4. The quantitative estimate of drug-likeness (QED) is 0.715. The van der Waals surface area contributed by atoms with Crippen LogP contribution in [-0.4, -0.2) is 25.5 Å². The SMILES string of the molecule is CC.CC(N)=O.Cc1nc2nc[nH]n2c(=O)c1-c1ccccc1. The molecule has 1 amide bonds. The number of primary amides is 1. The molecule has 1 aromatic carbocycles. The second-order valence-corrected chi connectivity index (χ2v) is 4.38. The van der Waals surface area contributed by atoms with Crippen molar-refractivity contribution >= 4 is 11.7 Å². The van der Waals surface area contributed by atoms with E-state index >= 15 is 0 Å². The first-order chi connectivity index (χ1) is 11.0. The number of hydrogen-bond donors (Lipinski definition) is 2. The Bertz CT molecular complexity index is 817. The summed E-state index contributed by atoms with van der Waals surface area (Å²) in [7, 11) is 0. The van der Waals surface area contributed by atoms with E-state index in [1.54, 1.807) is 0 Å². The van der Waals surface area contributed by atoms with Crippen LogP contribution in [0, 0.1) is 6.92 Å². The molecule has 0 unspecified atom stereocenters. The molecular formula is C16H21N5O2. The van der Waals surface area contributed by atoms with Gasteiger partial charge in [0.2, 0.25) is 5.91 Å². The summed E-state index contributed by atoms with van der Waals surface area (Å²) in [6, 6.07) is 9.51. The molecule has 0 radical (unpaired) electrons. The van der Waals surface area contributed by atoms with Gasteiger partial charge < -0.3 is 5.73 Å². The van der Waals surface area contributed by atoms with Crippen molar-refractivity contribution < 1.29 is 4.79 Å². The van der Waals surface area contributed by atoms with Crippen molar-refractivity contribution in [3.63, 3.8) is 0 Å². The number of nitrogens with zero attached hydrogens (tertiary/aromatic N) is 3. The number of amides is 1. The second-order valence-electron chi connectivity index (χ2n) is 4.38. The lowest BCUT2D eigenvalue weighted by Crippen LogP contribution is -2.19. The molecule has 3 rings (SSSR count). The number of benzene rings is 1. The van der Waals surface area contributed by atoms with E-state index in [-0.39, 0.29) is 11.5 Å². The Balaban J connectivity index is 0.000000388. The maximum absolute atomic E-state index is 12.3. The predicted molar refractivity (Wildman–Crippen MR) is 90.0 cm³/mol. The van der Waals surface area contributed by atoms with Crippen molar-refractivity contribution in [2.75, 3.05) is 0 Å². The highest BCUT2D eigenvalue weighted by Gasteiger charge is 2.12. The Morgan fingerprint density at radius 3 is 2.35 bits per heavy atom. The third-order valence-electron chi connectivity index (χ3n) is 2.68. The minimum Gasteiger partial charge on any atom is -0.370 e. The van der Waals surface area contributed by atoms with Crippen LogP contribution in [0.25, 0.3) is 16.9 Å². The molecule has 0 aliphatic carbocycles. The molecule has 7 heteroatoms. The number of fused-ring (bicyclic) bond motifs is 1. The van der Waals surface area contributed by atoms with Gasteiger partial charge in [0, 0.05) is 6.92 Å². The van der Waals surface area contributed by atoms with Crippen LogP contribution >= 0.6 is 0 Å². The first-order valence-electron chi connectivity index (χ1n) is 7.25. The molecule has 0 fully saturated rings. The first kappa shape index (κ1) is 18.1. The van der Waals surface area contributed by atoms with E-state index in [1.165, 1.54) is 17.8 Å². The third-order valence-corrected chi connectivity index (χ3v) is 2.68. The van der Waals surface area contributed by atoms with Crippen molar-refractivity contribution in [2.45, 2.75) is 27.7 Å². The molecule has 0 spiro atoms. The summed E-state index contributed by atoms with van der Waals surface area (Å²) in [6.07, 6.45) is 1.46. The maximum Gasteiger partial charge on any atom is 0.282 e. The van der Waals surface area contributed by atoms with Crippen LogP contribution < -0.4 is 11.3 Å². The van der Waals surface area contributed by atoms with Gasteiger partial charge in [0.25, 0.3) is 11.3 Å². The van der Waals surface area contributed by atoms with Gasteiger partial charge in [-0.1, -0.05) is 44.2 Å². The lowest BCUT2D eigenvalue weighted by Gasteiger charge is -2.04. The van der Waals surface area contributed by atoms with Crippen LogP contribution in [0.5, 0.6) is 0 Å². The van der Waals surface area contributed by atoms with Gasteiger partial charge in [0.1, 0.15) is 6.33 Å². The van der Waals surface area contributed by atoms with Crippen molar-refractivity contribution in [2.24, 2.45) is 5.73 Å². The molecule has 3 N–H and O–H groups in total. The summed E-state index contributed by atoms with van der Waals surface area (Å²) in [5.41, 5.74) is 6.50. The number of aryl methyl sites for hydroxylation is 1. The standard InChI is InChI=1S/C12H10N4O.C2H5NO.C2H6/c1-8-10(9-5-3-2-4-6-9)11(17)16-12(15-8)13-7-14-16;1-2(3)4;1-2/h2-7H,1H3,(H,13,14,15);1H3,(H2,3,4);1-2H3. The van der Waals surface area contributed by atoms with Crippen molar-refractivity contribution in [3.05, 3.63) is 52.7 Å². The van der Waals surface area contributed by atoms with E-state index < -0.39 is 0 Å². The topological polar surface area (TPSA) is 106 Å². The van der Waals surface area contributed by atoms with E-state index in [4.69, 9.17) is 0 Å². The van der Waals surface area contributed by atoms with E-state index in [2.05, 4.69) is 20.8 Å². The van der Waals surface area contributed by atoms with E-state index in [1.807, 2.05) is 51.1 Å². The number of rotatable bonds is 1. The Labute approximate surface area is 134 Å². The Hall–Kier alpha value is -2.96. The van der Waals surface area contributed by atoms with Crippen LogP contribution in [0.2, 0.25) is 0 Å². The molecule has 0 saturated carbocycles. The molecule has 3 aromatic rings. The monoisotopic (exact) mass is 315 g/mol. The number of carbonyl (C=O) groups excluding carboxylic acids is 1. The highest BCUT2D eigenvalue weighted by atomic mass is 16.1. The molecule has 0 aliphatic heterocycles. The van der Waals surface area contributed by atoms with Crippen molar-refractivity contribution in [1.29, 1.82) is 0 Å². The zero-order valence-corrected chi connectivity index (χ0v) is 13.7. The number of H-pyrrole nitrogens is 1. The molecule has 0 aliphatic rings. The molecule has 122 valence electrons. The first-order valence-corrected chi connectivity index (χ1v) is 7.25. The van der Waals surface area contributed by atoms with Gasteiger partial charge >= 0.3 is 0 Å². The predicted octanol–water partition coefficient (Wildman–Crippen LogP) is 1.91. The smallest absolute Gasteiger partial charge is 0.282 e. The molecule has 2 heterocycles. The third kappa shape index (κ3) is 4.50. The molecule has 23 heavy (non-hydrogen) atoms. The van der Waals surface area contributed by atoms with Crippen LogP contribution in [0.4, 0.5) is 0 Å². The summed E-state index contributed by atoms with van der Waals surface area (Å²) < 4.78 is 1.34. The Morgan fingerprint density at radius 1 is 1.22 bits per heavy atom. The normalized spacial score (nSPS) is 9.39. The average Bonchev–Trinajstić information content (AvgIpc) is 2.98. The summed E-state index contributed by atoms with van der Waals surface area (Å²) in [5, 5.41) is 2.76. The van der Waals surface area contributed by atoms with Gasteiger partial charge in [-0.05, 0) is 12.5 Å². The molecule has 7 nitrogen and oxygen atoms in total. The number of aromatic amines is 1. The van der Waals surface area contributed by atoms with Gasteiger partial charge in [-0.3, -0.25) is 14.7 Å². The van der Waals surface area contributed by atoms with E-state index in [9.17, 15) is 9.59 Å². The minimum absolute atomic E-state index is 0.129. The lowest BCUT2D eigenvalue weighted by molar-refractivity contribution is -0.115. The summed E-state index contributed by atoms with van der Waals surface area (Å²) in [5.74, 6) is 0.0622. The average molecular weight is 315 g/mol. The molecule has 0 atom stereocenters. The van der Waals surface area contributed by atoms with Crippen LogP contribution in [0.1, 0.15) is 26.5 Å². The van der Waals surface area contributed by atoms with Gasteiger partial charge in [-0.15, -0.1) is 0 Å². The fourth-order valence-corrected chi connectivity index (χ4v) is 1.90. The number of hydrogen-bond acceptors (Lipinski definition) is 4. The zero-order valence-electron chi connectivity index (χ0n) is 13.7. The number of nitrogens with one attached hydrogen (secondary N) is 1. The Morgan fingerprint density at radius 2 is 1.78 bits per heavy atom. The second kappa shape index (κ2) is 8.47. The van der Waals surface area contributed by atoms with Crippen molar-refractivity contribution in [1.82, 2.24) is 19.6 Å². The van der Waals surface area contributed by atoms with Crippen LogP contribution in [0.15, 0.2) is 41.5 Å². The number of carbonyl (C=O) groups is 1. The lowest BCUT2D eigenvalue weighted by atomic mass is 10.1. The molecule has 0 saturated heterocycles. The number of nitrogens with two attached hydrogens (primary N) is 1. The van der Waals surface area contributed by atoms with Crippen LogP contribution in [0.3, 0.4) is 0 Å². The van der Waals surface area contributed by atoms with Crippen LogP contribution in [-0.2, 0) is 4.79 Å².